The predicted molar refractivity (Wildman–Crippen MR) is 77.1 cm³/mol. The summed E-state index contributed by atoms with van der Waals surface area (Å²) < 4.78 is 0. The average Bonchev–Trinajstić information content (AvgIpc) is 2.79. The van der Waals surface area contributed by atoms with E-state index >= 15 is 0 Å². The first-order valence-electron chi connectivity index (χ1n) is 5.90. The van der Waals surface area contributed by atoms with Crippen molar-refractivity contribution in [3.63, 3.8) is 0 Å². The fourth-order valence-electron chi connectivity index (χ4n) is 1.51. The zero-order valence-electron chi connectivity index (χ0n) is 11.4. The molecule has 0 aliphatic heterocycles. The van der Waals surface area contributed by atoms with Gasteiger partial charge in [-0.25, -0.2) is 4.98 Å². The minimum Gasteiger partial charge on any atom is -0.344 e. The first-order chi connectivity index (χ1) is 9.49. The van der Waals surface area contributed by atoms with Gasteiger partial charge in [0.05, 0.1) is 5.69 Å². The molecule has 0 atom stereocenters. The summed E-state index contributed by atoms with van der Waals surface area (Å²) in [5.41, 5.74) is 0.908. The molecule has 2 rings (SSSR count). The maximum Gasteiger partial charge on any atom is 0.276 e. The van der Waals surface area contributed by atoms with Crippen LogP contribution in [0.1, 0.15) is 25.9 Å². The second-order valence-corrected chi connectivity index (χ2v) is 5.30. The van der Waals surface area contributed by atoms with E-state index < -0.39 is 0 Å². The molecule has 0 unspecified atom stereocenters. The summed E-state index contributed by atoms with van der Waals surface area (Å²) in [4.78, 5) is 34.0. The van der Waals surface area contributed by atoms with Gasteiger partial charge < -0.3 is 4.90 Å². The van der Waals surface area contributed by atoms with E-state index in [0.29, 0.717) is 21.4 Å². The van der Waals surface area contributed by atoms with Gasteiger partial charge in [-0.2, -0.15) is 0 Å². The Hall–Kier alpha value is -2.28. The van der Waals surface area contributed by atoms with E-state index in [9.17, 15) is 9.59 Å². The SMILES string of the molecule is Cc1nc(NC(=O)c2ccccn2)sc1C(=O)N(C)C. The Morgan fingerprint density at radius 2 is 2.05 bits per heavy atom. The molecule has 0 saturated carbocycles. The number of amides is 2. The number of hydrogen-bond donors (Lipinski definition) is 1. The van der Waals surface area contributed by atoms with Crippen LogP contribution in [-0.2, 0) is 0 Å². The molecule has 20 heavy (non-hydrogen) atoms. The van der Waals surface area contributed by atoms with Gasteiger partial charge in [0.25, 0.3) is 11.8 Å². The van der Waals surface area contributed by atoms with E-state index in [-0.39, 0.29) is 11.8 Å². The van der Waals surface area contributed by atoms with Crippen molar-refractivity contribution in [2.75, 3.05) is 19.4 Å². The lowest BCUT2D eigenvalue weighted by atomic mass is 10.3. The Bertz CT molecular complexity index is 637. The van der Waals surface area contributed by atoms with Gasteiger partial charge in [-0.05, 0) is 19.1 Å². The van der Waals surface area contributed by atoms with E-state index in [1.54, 1.807) is 45.4 Å². The smallest absolute Gasteiger partial charge is 0.276 e. The highest BCUT2D eigenvalue weighted by Crippen LogP contribution is 2.23. The fourth-order valence-corrected chi connectivity index (χ4v) is 2.49. The lowest BCUT2D eigenvalue weighted by Crippen LogP contribution is -2.21. The molecule has 2 aromatic heterocycles. The third-order valence-corrected chi connectivity index (χ3v) is 3.58. The van der Waals surface area contributed by atoms with Crippen molar-refractivity contribution in [2.24, 2.45) is 0 Å². The zero-order chi connectivity index (χ0) is 14.7. The van der Waals surface area contributed by atoms with E-state index in [1.807, 2.05) is 0 Å². The number of pyridine rings is 1. The molecule has 0 aromatic carbocycles. The van der Waals surface area contributed by atoms with Crippen LogP contribution in [0, 0.1) is 6.92 Å². The molecule has 0 aliphatic rings. The van der Waals surface area contributed by atoms with Crippen molar-refractivity contribution in [2.45, 2.75) is 6.92 Å². The van der Waals surface area contributed by atoms with Crippen molar-refractivity contribution < 1.29 is 9.59 Å². The number of carbonyl (C=O) groups is 2. The zero-order valence-corrected chi connectivity index (χ0v) is 12.2. The van der Waals surface area contributed by atoms with Gasteiger partial charge in [-0.1, -0.05) is 17.4 Å². The van der Waals surface area contributed by atoms with Crippen molar-refractivity contribution in [1.29, 1.82) is 0 Å². The third-order valence-electron chi connectivity index (χ3n) is 2.52. The molecule has 0 spiro atoms. The van der Waals surface area contributed by atoms with Crippen LogP contribution >= 0.6 is 11.3 Å². The number of carbonyl (C=O) groups excluding carboxylic acids is 2. The fraction of sp³-hybridized carbons (Fsp3) is 0.231. The van der Waals surface area contributed by atoms with Crippen LogP contribution in [0.15, 0.2) is 24.4 Å². The maximum absolute atomic E-state index is 11.9. The van der Waals surface area contributed by atoms with Crippen molar-refractivity contribution in [3.05, 3.63) is 40.7 Å². The minimum absolute atomic E-state index is 0.127. The normalized spacial score (nSPS) is 10.2. The maximum atomic E-state index is 11.9. The molecule has 2 aromatic rings. The number of nitrogens with zero attached hydrogens (tertiary/aromatic N) is 3. The highest BCUT2D eigenvalue weighted by Gasteiger charge is 2.18. The van der Waals surface area contributed by atoms with Crippen LogP contribution in [0.4, 0.5) is 5.13 Å². The van der Waals surface area contributed by atoms with E-state index in [4.69, 9.17) is 0 Å². The highest BCUT2D eigenvalue weighted by molar-refractivity contribution is 7.17. The summed E-state index contributed by atoms with van der Waals surface area (Å²) in [6.07, 6.45) is 1.54. The third kappa shape index (κ3) is 3.00. The number of anilines is 1. The van der Waals surface area contributed by atoms with Gasteiger partial charge >= 0.3 is 0 Å². The molecular formula is C13H14N4O2S. The Balaban J connectivity index is 2.17. The number of thiazole rings is 1. The van der Waals surface area contributed by atoms with Gasteiger partial charge in [0.15, 0.2) is 5.13 Å². The van der Waals surface area contributed by atoms with Crippen molar-refractivity contribution >= 4 is 28.3 Å². The molecule has 0 fully saturated rings. The van der Waals surface area contributed by atoms with Crippen LogP contribution in [0.25, 0.3) is 0 Å². The van der Waals surface area contributed by atoms with Gasteiger partial charge in [-0.15, -0.1) is 0 Å². The first kappa shape index (κ1) is 14.1. The van der Waals surface area contributed by atoms with E-state index in [0.717, 1.165) is 11.3 Å². The first-order valence-corrected chi connectivity index (χ1v) is 6.72. The number of rotatable bonds is 3. The Morgan fingerprint density at radius 1 is 1.30 bits per heavy atom. The van der Waals surface area contributed by atoms with Crippen LogP contribution in [0.2, 0.25) is 0 Å². The molecule has 2 heterocycles. The average molecular weight is 290 g/mol. The molecular weight excluding hydrogens is 276 g/mol. The van der Waals surface area contributed by atoms with Crippen molar-refractivity contribution in [1.82, 2.24) is 14.9 Å². The topological polar surface area (TPSA) is 75.2 Å². The van der Waals surface area contributed by atoms with Crippen LogP contribution in [0.3, 0.4) is 0 Å². The number of aryl methyl sites for hydroxylation is 1. The van der Waals surface area contributed by atoms with E-state index in [1.165, 1.54) is 4.90 Å². The number of nitrogens with one attached hydrogen (secondary N) is 1. The summed E-state index contributed by atoms with van der Waals surface area (Å²) in [5.74, 6) is -0.471. The quantitative estimate of drug-likeness (QED) is 0.935. The molecule has 0 aliphatic carbocycles. The molecule has 6 nitrogen and oxygen atoms in total. The summed E-state index contributed by atoms with van der Waals surface area (Å²) in [6, 6.07) is 5.08. The summed E-state index contributed by atoms with van der Waals surface area (Å²) >= 11 is 1.16. The van der Waals surface area contributed by atoms with Crippen LogP contribution in [0.5, 0.6) is 0 Å². The summed E-state index contributed by atoms with van der Waals surface area (Å²) in [6.45, 7) is 1.74. The number of hydrogen-bond acceptors (Lipinski definition) is 5. The molecule has 0 bridgehead atoms. The molecule has 1 N–H and O–H groups in total. The van der Waals surface area contributed by atoms with Crippen molar-refractivity contribution in [3.8, 4) is 0 Å². The standard InChI is InChI=1S/C13H14N4O2S/c1-8-10(12(19)17(2)3)20-13(15-8)16-11(18)9-6-4-5-7-14-9/h4-7H,1-3H3,(H,15,16,18). The monoisotopic (exact) mass is 290 g/mol. The Morgan fingerprint density at radius 3 is 2.65 bits per heavy atom. The summed E-state index contributed by atoms with van der Waals surface area (Å²) in [7, 11) is 3.35. The van der Waals surface area contributed by atoms with E-state index in [2.05, 4.69) is 15.3 Å². The van der Waals surface area contributed by atoms with Gasteiger partial charge in [0.1, 0.15) is 10.6 Å². The largest absolute Gasteiger partial charge is 0.344 e. The molecule has 2 amide bonds. The van der Waals surface area contributed by atoms with Gasteiger partial charge in [-0.3, -0.25) is 19.9 Å². The lowest BCUT2D eigenvalue weighted by Gasteiger charge is -2.07. The molecule has 7 heteroatoms. The second-order valence-electron chi connectivity index (χ2n) is 4.30. The van der Waals surface area contributed by atoms with Gasteiger partial charge in [0, 0.05) is 20.3 Å². The van der Waals surface area contributed by atoms with Crippen LogP contribution < -0.4 is 5.32 Å². The Labute approximate surface area is 120 Å². The molecule has 0 radical (unpaired) electrons. The lowest BCUT2D eigenvalue weighted by molar-refractivity contribution is 0.0831. The Kier molecular flexibility index (Phi) is 4.09. The molecule has 0 saturated heterocycles. The predicted octanol–water partition coefficient (Wildman–Crippen LogP) is 1.80. The van der Waals surface area contributed by atoms with Gasteiger partial charge in [0.2, 0.25) is 0 Å². The minimum atomic E-state index is -0.344. The second kappa shape index (κ2) is 5.79. The van der Waals surface area contributed by atoms with Crippen LogP contribution in [-0.4, -0.2) is 40.8 Å². The number of aromatic nitrogens is 2. The summed E-state index contributed by atoms with van der Waals surface area (Å²) in [5, 5.41) is 3.04. The molecule has 104 valence electrons. The highest BCUT2D eigenvalue weighted by atomic mass is 32.1.